The van der Waals surface area contributed by atoms with Crippen molar-refractivity contribution in [3.8, 4) is 0 Å². The van der Waals surface area contributed by atoms with Crippen molar-refractivity contribution in [2.45, 2.75) is 13.3 Å². The van der Waals surface area contributed by atoms with Crippen molar-refractivity contribution in [2.75, 3.05) is 18.5 Å². The summed E-state index contributed by atoms with van der Waals surface area (Å²) < 4.78 is 0. The Morgan fingerprint density at radius 2 is 2.41 bits per heavy atom. The van der Waals surface area contributed by atoms with Crippen LogP contribution in [0, 0.1) is 16.0 Å². The molecule has 1 heterocycles. The first-order valence-corrected chi connectivity index (χ1v) is 5.57. The quantitative estimate of drug-likeness (QED) is 0.603. The monoisotopic (exact) mass is 259 g/mol. The lowest BCUT2D eigenvalue weighted by atomic mass is 10.1. The number of nitrogens with one attached hydrogen (secondary N) is 1. The van der Waals surface area contributed by atoms with Gasteiger partial charge < -0.3 is 10.4 Å². The number of rotatable bonds is 6. The molecule has 0 saturated heterocycles. The number of hydrogen-bond donors (Lipinski definition) is 2. The van der Waals surface area contributed by atoms with Gasteiger partial charge in [0.25, 0.3) is 0 Å². The second kappa shape index (κ2) is 6.36. The Morgan fingerprint density at radius 1 is 1.71 bits per heavy atom. The van der Waals surface area contributed by atoms with Crippen molar-refractivity contribution < 1.29 is 10.0 Å². The third-order valence-electron chi connectivity index (χ3n) is 2.27. The van der Waals surface area contributed by atoms with Crippen LogP contribution in [-0.4, -0.2) is 28.2 Å². The summed E-state index contributed by atoms with van der Waals surface area (Å²) in [5, 5.41) is 22.6. The largest absolute Gasteiger partial charge is 0.396 e. The Balaban J connectivity index is 2.73. The fourth-order valence-electron chi connectivity index (χ4n) is 1.30. The van der Waals surface area contributed by atoms with E-state index in [0.29, 0.717) is 13.0 Å². The van der Waals surface area contributed by atoms with Crippen LogP contribution in [0.1, 0.15) is 13.3 Å². The zero-order valence-corrected chi connectivity index (χ0v) is 10.1. The second-order valence-electron chi connectivity index (χ2n) is 3.78. The summed E-state index contributed by atoms with van der Waals surface area (Å²) in [6.45, 7) is 2.54. The number of nitro groups is 1. The molecule has 0 bridgehead atoms. The van der Waals surface area contributed by atoms with Gasteiger partial charge in [-0.15, -0.1) is 0 Å². The van der Waals surface area contributed by atoms with Gasteiger partial charge >= 0.3 is 5.69 Å². The highest BCUT2D eigenvalue weighted by Crippen LogP contribution is 2.25. The maximum atomic E-state index is 10.8. The number of nitrogens with zero attached hydrogens (tertiary/aromatic N) is 2. The van der Waals surface area contributed by atoms with Crippen LogP contribution in [0.5, 0.6) is 0 Å². The summed E-state index contributed by atoms with van der Waals surface area (Å²) in [5.74, 6) is 0.404. The highest BCUT2D eigenvalue weighted by molar-refractivity contribution is 6.30. The van der Waals surface area contributed by atoms with Gasteiger partial charge in [0, 0.05) is 25.4 Å². The van der Waals surface area contributed by atoms with Crippen molar-refractivity contribution in [3.05, 3.63) is 27.4 Å². The van der Waals surface area contributed by atoms with Crippen LogP contribution >= 0.6 is 11.6 Å². The first-order valence-electron chi connectivity index (χ1n) is 5.19. The summed E-state index contributed by atoms with van der Waals surface area (Å²) in [4.78, 5) is 14.1. The number of pyridine rings is 1. The summed E-state index contributed by atoms with van der Waals surface area (Å²) in [6.07, 6.45) is 1.99. The molecule has 1 aromatic rings. The van der Waals surface area contributed by atoms with E-state index in [9.17, 15) is 10.1 Å². The first-order chi connectivity index (χ1) is 8.04. The zero-order valence-electron chi connectivity index (χ0n) is 9.39. The van der Waals surface area contributed by atoms with Crippen LogP contribution in [0.3, 0.4) is 0 Å². The highest BCUT2D eigenvalue weighted by Gasteiger charge is 2.16. The molecule has 0 aliphatic rings. The number of anilines is 1. The van der Waals surface area contributed by atoms with E-state index < -0.39 is 4.92 Å². The molecule has 17 heavy (non-hydrogen) atoms. The normalized spacial score (nSPS) is 12.2. The van der Waals surface area contributed by atoms with E-state index in [2.05, 4.69) is 10.3 Å². The average Bonchev–Trinajstić information content (AvgIpc) is 2.27. The van der Waals surface area contributed by atoms with Gasteiger partial charge in [0.1, 0.15) is 0 Å². The lowest BCUT2D eigenvalue weighted by Gasteiger charge is -2.11. The molecule has 1 atom stereocenters. The fourth-order valence-corrected chi connectivity index (χ4v) is 1.45. The third-order valence-corrected chi connectivity index (χ3v) is 2.48. The van der Waals surface area contributed by atoms with Crippen LogP contribution < -0.4 is 5.32 Å². The van der Waals surface area contributed by atoms with Crippen LogP contribution in [0.2, 0.25) is 5.02 Å². The van der Waals surface area contributed by atoms with Gasteiger partial charge in [0.2, 0.25) is 5.82 Å². The lowest BCUT2D eigenvalue weighted by Crippen LogP contribution is -2.14. The van der Waals surface area contributed by atoms with Crippen LogP contribution in [0.4, 0.5) is 11.5 Å². The van der Waals surface area contributed by atoms with Crippen LogP contribution in [0.15, 0.2) is 12.3 Å². The predicted octanol–water partition coefficient (Wildman–Crippen LogP) is 2.07. The molecule has 0 aliphatic heterocycles. The highest BCUT2D eigenvalue weighted by atomic mass is 35.5. The number of aromatic nitrogens is 1. The van der Waals surface area contributed by atoms with Crippen molar-refractivity contribution in [1.82, 2.24) is 4.98 Å². The number of aliphatic hydroxyl groups is 1. The van der Waals surface area contributed by atoms with Gasteiger partial charge in [-0.2, -0.15) is 0 Å². The van der Waals surface area contributed by atoms with Crippen molar-refractivity contribution in [1.29, 1.82) is 0 Å². The minimum absolute atomic E-state index is 0.0962. The molecule has 2 N–H and O–H groups in total. The SMILES string of the molecule is CC(CCO)CNc1ncc(Cl)cc1[N+](=O)[O-]. The molecule has 94 valence electrons. The van der Waals surface area contributed by atoms with Crippen molar-refractivity contribution >= 4 is 23.1 Å². The maximum Gasteiger partial charge on any atom is 0.312 e. The van der Waals surface area contributed by atoms with Gasteiger partial charge in [-0.1, -0.05) is 18.5 Å². The summed E-state index contributed by atoms with van der Waals surface area (Å²) >= 11 is 5.65. The lowest BCUT2D eigenvalue weighted by molar-refractivity contribution is -0.384. The molecule has 0 radical (unpaired) electrons. The van der Waals surface area contributed by atoms with Crippen molar-refractivity contribution in [3.63, 3.8) is 0 Å². The zero-order chi connectivity index (χ0) is 12.8. The molecular formula is C10H14ClN3O3. The average molecular weight is 260 g/mol. The summed E-state index contributed by atoms with van der Waals surface area (Å²) in [7, 11) is 0. The molecule has 6 nitrogen and oxygen atoms in total. The van der Waals surface area contributed by atoms with Gasteiger partial charge in [0.05, 0.1) is 9.95 Å². The third kappa shape index (κ3) is 4.16. The fraction of sp³-hybridized carbons (Fsp3) is 0.500. The predicted molar refractivity (Wildman–Crippen MR) is 65.3 cm³/mol. The number of aliphatic hydroxyl groups excluding tert-OH is 1. The molecule has 0 amide bonds. The molecule has 0 aromatic carbocycles. The Hall–Kier alpha value is -1.40. The molecule has 0 spiro atoms. The molecule has 7 heteroatoms. The molecular weight excluding hydrogens is 246 g/mol. The van der Waals surface area contributed by atoms with Crippen LogP contribution in [-0.2, 0) is 0 Å². The molecule has 1 aromatic heterocycles. The molecule has 1 unspecified atom stereocenters. The Labute approximate surface area is 104 Å². The Kier molecular flexibility index (Phi) is 5.11. The van der Waals surface area contributed by atoms with E-state index in [1.54, 1.807) is 0 Å². The molecule has 1 rings (SSSR count). The standard InChI is InChI=1S/C10H14ClN3O3/c1-7(2-3-15)5-12-10-9(14(16)17)4-8(11)6-13-10/h4,6-7,15H,2-3,5H2,1H3,(H,12,13). The van der Waals surface area contributed by atoms with E-state index in [1.165, 1.54) is 12.3 Å². The minimum atomic E-state index is -0.530. The Bertz CT molecular complexity index is 400. The number of hydrogen-bond acceptors (Lipinski definition) is 5. The smallest absolute Gasteiger partial charge is 0.312 e. The molecule has 0 saturated carbocycles. The van der Waals surface area contributed by atoms with Gasteiger partial charge in [-0.3, -0.25) is 10.1 Å². The topological polar surface area (TPSA) is 88.3 Å². The number of halogens is 1. The van der Waals surface area contributed by atoms with Crippen molar-refractivity contribution in [2.24, 2.45) is 5.92 Å². The van der Waals surface area contributed by atoms with Gasteiger partial charge in [-0.25, -0.2) is 4.98 Å². The van der Waals surface area contributed by atoms with Gasteiger partial charge in [-0.05, 0) is 12.3 Å². The molecule has 0 aliphatic carbocycles. The molecule has 0 fully saturated rings. The minimum Gasteiger partial charge on any atom is -0.396 e. The van der Waals surface area contributed by atoms with E-state index in [1.807, 2.05) is 6.92 Å². The van der Waals surface area contributed by atoms with E-state index in [-0.39, 0.29) is 29.1 Å². The maximum absolute atomic E-state index is 10.8. The second-order valence-corrected chi connectivity index (χ2v) is 4.21. The van der Waals surface area contributed by atoms with E-state index >= 15 is 0 Å². The first kappa shape index (κ1) is 13.7. The van der Waals surface area contributed by atoms with Gasteiger partial charge in [0.15, 0.2) is 0 Å². The van der Waals surface area contributed by atoms with E-state index in [4.69, 9.17) is 16.7 Å². The summed E-state index contributed by atoms with van der Waals surface area (Å²) in [6, 6.07) is 1.26. The van der Waals surface area contributed by atoms with E-state index in [0.717, 1.165) is 0 Å². The Morgan fingerprint density at radius 3 is 3.00 bits per heavy atom. The summed E-state index contributed by atoms with van der Waals surface area (Å²) in [5.41, 5.74) is -0.145. The van der Waals surface area contributed by atoms with Crippen LogP contribution in [0.25, 0.3) is 0 Å².